The number of hydrogen-bond acceptors (Lipinski definition) is 3. The van der Waals surface area contributed by atoms with Gasteiger partial charge in [0.05, 0.1) is 5.41 Å². The standard InChI is InChI=1S/C20H20N2O3/c1-21-17-10-6-5-9-16(17)20(19(21)24)11-12-22(14-20)18(23)13-25-15-7-3-2-4-8-15/h2-10H,11-14H2,1H3. The summed E-state index contributed by atoms with van der Waals surface area (Å²) in [6, 6.07) is 17.1. The van der Waals surface area contributed by atoms with Gasteiger partial charge in [0.15, 0.2) is 6.61 Å². The molecule has 1 spiro atoms. The predicted molar refractivity (Wildman–Crippen MR) is 94.7 cm³/mol. The van der Waals surface area contributed by atoms with Gasteiger partial charge in [0.25, 0.3) is 5.91 Å². The number of benzene rings is 2. The van der Waals surface area contributed by atoms with Crippen molar-refractivity contribution in [3.63, 3.8) is 0 Å². The zero-order valence-corrected chi connectivity index (χ0v) is 14.1. The van der Waals surface area contributed by atoms with E-state index in [0.29, 0.717) is 25.3 Å². The van der Waals surface area contributed by atoms with E-state index in [9.17, 15) is 9.59 Å². The average molecular weight is 336 g/mol. The van der Waals surface area contributed by atoms with Crippen molar-refractivity contribution in [2.24, 2.45) is 0 Å². The fourth-order valence-corrected chi connectivity index (χ4v) is 3.89. The monoisotopic (exact) mass is 336 g/mol. The molecule has 5 heteroatoms. The van der Waals surface area contributed by atoms with Crippen LogP contribution in [0.4, 0.5) is 5.69 Å². The number of para-hydroxylation sites is 2. The minimum atomic E-state index is -0.603. The Bertz CT molecular complexity index is 821. The first-order valence-electron chi connectivity index (χ1n) is 8.45. The minimum absolute atomic E-state index is 0.00816. The first-order chi connectivity index (χ1) is 12.1. The normalized spacial score (nSPS) is 21.7. The van der Waals surface area contributed by atoms with Crippen LogP contribution < -0.4 is 9.64 Å². The quantitative estimate of drug-likeness (QED) is 0.863. The molecule has 0 aromatic heterocycles. The minimum Gasteiger partial charge on any atom is -0.484 e. The summed E-state index contributed by atoms with van der Waals surface area (Å²) in [5.41, 5.74) is 1.37. The summed E-state index contributed by atoms with van der Waals surface area (Å²) in [5, 5.41) is 0. The van der Waals surface area contributed by atoms with E-state index in [-0.39, 0.29) is 18.4 Å². The van der Waals surface area contributed by atoms with Gasteiger partial charge in [0.1, 0.15) is 5.75 Å². The summed E-state index contributed by atoms with van der Waals surface area (Å²) in [5.74, 6) is 0.667. The summed E-state index contributed by atoms with van der Waals surface area (Å²) in [6.07, 6.45) is 0.657. The van der Waals surface area contributed by atoms with Crippen molar-refractivity contribution in [1.82, 2.24) is 4.90 Å². The maximum Gasteiger partial charge on any atom is 0.260 e. The van der Waals surface area contributed by atoms with Crippen molar-refractivity contribution >= 4 is 17.5 Å². The molecule has 1 saturated heterocycles. The predicted octanol–water partition coefficient (Wildman–Crippen LogP) is 2.21. The van der Waals surface area contributed by atoms with E-state index in [0.717, 1.165) is 11.3 Å². The molecule has 25 heavy (non-hydrogen) atoms. The van der Waals surface area contributed by atoms with E-state index >= 15 is 0 Å². The maximum atomic E-state index is 12.9. The highest BCUT2D eigenvalue weighted by Crippen LogP contribution is 2.46. The molecule has 128 valence electrons. The van der Waals surface area contributed by atoms with Gasteiger partial charge in [-0.1, -0.05) is 36.4 Å². The summed E-state index contributed by atoms with van der Waals surface area (Å²) in [6.45, 7) is 0.987. The van der Waals surface area contributed by atoms with Gasteiger partial charge in [-0.15, -0.1) is 0 Å². The van der Waals surface area contributed by atoms with Crippen LogP contribution in [0.25, 0.3) is 0 Å². The van der Waals surface area contributed by atoms with Gasteiger partial charge in [-0.2, -0.15) is 0 Å². The van der Waals surface area contributed by atoms with Gasteiger partial charge in [0, 0.05) is 25.8 Å². The fraction of sp³-hybridized carbons (Fsp3) is 0.300. The van der Waals surface area contributed by atoms with Gasteiger partial charge in [-0.25, -0.2) is 0 Å². The number of carbonyl (C=O) groups excluding carboxylic acids is 2. The molecule has 0 saturated carbocycles. The summed E-state index contributed by atoms with van der Waals surface area (Å²) in [7, 11) is 1.80. The number of amides is 2. The highest BCUT2D eigenvalue weighted by molar-refractivity contribution is 6.08. The molecular formula is C20H20N2O3. The number of carbonyl (C=O) groups is 2. The van der Waals surface area contributed by atoms with Crippen LogP contribution >= 0.6 is 0 Å². The number of ether oxygens (including phenoxy) is 1. The van der Waals surface area contributed by atoms with Gasteiger partial charge >= 0.3 is 0 Å². The van der Waals surface area contributed by atoms with Gasteiger partial charge in [0.2, 0.25) is 5.91 Å². The molecule has 1 unspecified atom stereocenters. The molecule has 2 aromatic rings. The molecule has 0 N–H and O–H groups in total. The number of likely N-dealkylation sites (tertiary alicyclic amines) is 1. The lowest BCUT2D eigenvalue weighted by molar-refractivity contribution is -0.132. The molecule has 2 aliphatic rings. The van der Waals surface area contributed by atoms with Crippen LogP contribution in [0.5, 0.6) is 5.75 Å². The Balaban J connectivity index is 1.49. The van der Waals surface area contributed by atoms with Crippen LogP contribution in [0.15, 0.2) is 54.6 Å². The van der Waals surface area contributed by atoms with Crippen LogP contribution in [0, 0.1) is 0 Å². The lowest BCUT2D eigenvalue weighted by Gasteiger charge is -2.23. The number of nitrogens with zero attached hydrogens (tertiary/aromatic N) is 2. The van der Waals surface area contributed by atoms with E-state index in [1.807, 2.05) is 54.6 Å². The Morgan fingerprint density at radius 2 is 1.84 bits per heavy atom. The van der Waals surface area contributed by atoms with E-state index in [2.05, 4.69) is 0 Å². The number of likely N-dealkylation sites (N-methyl/N-ethyl adjacent to an activating group) is 1. The third kappa shape index (κ3) is 2.47. The van der Waals surface area contributed by atoms with Crippen molar-refractivity contribution in [2.45, 2.75) is 11.8 Å². The Morgan fingerprint density at radius 1 is 1.12 bits per heavy atom. The Morgan fingerprint density at radius 3 is 2.64 bits per heavy atom. The van der Waals surface area contributed by atoms with Crippen molar-refractivity contribution < 1.29 is 14.3 Å². The number of hydrogen-bond donors (Lipinski definition) is 0. The summed E-state index contributed by atoms with van der Waals surface area (Å²) >= 11 is 0. The first kappa shape index (κ1) is 15.7. The largest absolute Gasteiger partial charge is 0.484 e. The van der Waals surface area contributed by atoms with E-state index in [4.69, 9.17) is 4.74 Å². The Kier molecular flexibility index (Phi) is 3.71. The molecule has 2 heterocycles. The molecular weight excluding hydrogens is 316 g/mol. The molecule has 0 aliphatic carbocycles. The number of anilines is 1. The second-order valence-corrected chi connectivity index (χ2v) is 6.63. The highest BCUT2D eigenvalue weighted by atomic mass is 16.5. The smallest absolute Gasteiger partial charge is 0.260 e. The van der Waals surface area contributed by atoms with Crippen LogP contribution in [0.3, 0.4) is 0 Å². The molecule has 0 bridgehead atoms. The van der Waals surface area contributed by atoms with Gasteiger partial charge in [-0.05, 0) is 30.2 Å². The SMILES string of the molecule is CN1C(=O)C2(CCN(C(=O)COc3ccccc3)C2)c2ccccc21. The van der Waals surface area contributed by atoms with Crippen molar-refractivity contribution in [3.8, 4) is 5.75 Å². The topological polar surface area (TPSA) is 49.9 Å². The van der Waals surface area contributed by atoms with Crippen LogP contribution in [0.2, 0.25) is 0 Å². The lowest BCUT2D eigenvalue weighted by atomic mass is 9.81. The molecule has 4 rings (SSSR count). The second kappa shape index (κ2) is 5.92. The van der Waals surface area contributed by atoms with E-state index in [1.54, 1.807) is 16.8 Å². The molecule has 1 fully saturated rings. The van der Waals surface area contributed by atoms with Gasteiger partial charge in [-0.3, -0.25) is 9.59 Å². The van der Waals surface area contributed by atoms with Crippen LogP contribution in [-0.2, 0) is 15.0 Å². The Labute approximate surface area is 146 Å². The fourth-order valence-electron chi connectivity index (χ4n) is 3.89. The van der Waals surface area contributed by atoms with Crippen LogP contribution in [0.1, 0.15) is 12.0 Å². The molecule has 2 aromatic carbocycles. The van der Waals surface area contributed by atoms with Gasteiger partial charge < -0.3 is 14.5 Å². The van der Waals surface area contributed by atoms with Crippen molar-refractivity contribution in [2.75, 3.05) is 31.6 Å². The second-order valence-electron chi connectivity index (χ2n) is 6.63. The third-order valence-corrected chi connectivity index (χ3v) is 5.22. The number of fused-ring (bicyclic) bond motifs is 2. The zero-order chi connectivity index (χ0) is 17.4. The highest BCUT2D eigenvalue weighted by Gasteiger charge is 2.54. The van der Waals surface area contributed by atoms with E-state index < -0.39 is 5.41 Å². The molecule has 5 nitrogen and oxygen atoms in total. The number of rotatable bonds is 3. The van der Waals surface area contributed by atoms with Crippen LogP contribution in [-0.4, -0.2) is 43.5 Å². The van der Waals surface area contributed by atoms with Crippen molar-refractivity contribution in [1.29, 1.82) is 0 Å². The lowest BCUT2D eigenvalue weighted by Crippen LogP contribution is -2.42. The molecule has 0 radical (unpaired) electrons. The van der Waals surface area contributed by atoms with Crippen molar-refractivity contribution in [3.05, 3.63) is 60.2 Å². The molecule has 2 amide bonds. The zero-order valence-electron chi connectivity index (χ0n) is 14.1. The maximum absolute atomic E-state index is 12.9. The van der Waals surface area contributed by atoms with E-state index in [1.165, 1.54) is 0 Å². The molecule has 2 aliphatic heterocycles. The average Bonchev–Trinajstić information content (AvgIpc) is 3.19. The summed E-state index contributed by atoms with van der Waals surface area (Å²) in [4.78, 5) is 28.9. The molecule has 1 atom stereocenters. The first-order valence-corrected chi connectivity index (χ1v) is 8.45. The Hall–Kier alpha value is -2.82. The third-order valence-electron chi connectivity index (χ3n) is 5.22. The summed E-state index contributed by atoms with van der Waals surface area (Å²) < 4.78 is 5.56.